The van der Waals surface area contributed by atoms with Crippen molar-refractivity contribution in [2.75, 3.05) is 31.2 Å². The van der Waals surface area contributed by atoms with Gasteiger partial charge in [-0.2, -0.15) is 5.01 Å². The maximum atomic E-state index is 15.4. The van der Waals surface area contributed by atoms with Crippen LogP contribution in [0.5, 0.6) is 23.0 Å². The summed E-state index contributed by atoms with van der Waals surface area (Å²) in [5, 5.41) is 12.3. The van der Waals surface area contributed by atoms with Crippen LogP contribution in [0.1, 0.15) is 47.9 Å². The van der Waals surface area contributed by atoms with E-state index in [1.807, 2.05) is 48.6 Å². The van der Waals surface area contributed by atoms with Crippen LogP contribution < -0.4 is 24.5 Å². The van der Waals surface area contributed by atoms with Crippen molar-refractivity contribution in [1.29, 1.82) is 0 Å². The number of ether oxygens (including phenoxy) is 3. The largest absolute Gasteiger partial charge is 0.504 e. The minimum atomic E-state index is -1.59. The van der Waals surface area contributed by atoms with Crippen molar-refractivity contribution < 1.29 is 42.9 Å². The molecular formula is C50H43ClFN3O8. The Bertz CT molecular complexity index is 2700. The SMILES string of the molecule is CCOc1cc([C@H]2C3=CC[C@@H]4C(=O)N(c5ccc(C=Cc6cc(OC)ccc6OC)cc5)C(=O)[C@@H]4[C@@H]3C[C@H]3C(=O)N(Nc4ccc(F)cc4)C(=O)[C@@]23c2ccc(Cl)cc2)ccc1O. The van der Waals surface area contributed by atoms with Crippen LogP contribution in [-0.4, -0.2) is 54.6 Å². The van der Waals surface area contributed by atoms with E-state index in [1.165, 1.54) is 35.2 Å². The van der Waals surface area contributed by atoms with E-state index in [9.17, 15) is 23.9 Å². The molecule has 13 heteroatoms. The number of nitrogens with one attached hydrogen (secondary N) is 1. The molecule has 0 aromatic heterocycles. The summed E-state index contributed by atoms with van der Waals surface area (Å²) in [5.74, 6) is -4.99. The van der Waals surface area contributed by atoms with Crippen molar-refractivity contribution in [3.05, 3.63) is 154 Å². The Labute approximate surface area is 368 Å². The van der Waals surface area contributed by atoms with Crippen molar-refractivity contribution in [3.8, 4) is 23.0 Å². The number of anilines is 2. The number of nitrogens with zero attached hydrogens (tertiary/aromatic N) is 2. The standard InChI is InChI=1S/C50H43ClFN3O8/c1-4-63-43-26-30(9-23-41(43)56)45-37-21-22-38-44(48(59)54(46(38)57)35-18-6-28(7-19-35)5-8-29-25-36(61-2)20-24-42(29)62-3)39(37)27-40-47(58)55(53-34-16-14-33(52)15-17-34)49(60)50(40,45)31-10-12-32(51)13-11-31/h5-21,23-26,38-40,44-45,53,56H,4,22,27H2,1-3H3/t38-,39+,40-,44-,45-,50+/m0/s1. The molecule has 2 saturated heterocycles. The number of benzene rings is 5. The average Bonchev–Trinajstić information content (AvgIpc) is 3.67. The summed E-state index contributed by atoms with van der Waals surface area (Å²) >= 11 is 6.42. The lowest BCUT2D eigenvalue weighted by molar-refractivity contribution is -0.138. The van der Waals surface area contributed by atoms with E-state index in [4.69, 9.17) is 25.8 Å². The molecule has 2 aliphatic carbocycles. The second-order valence-corrected chi connectivity index (χ2v) is 16.5. The number of fused-ring (bicyclic) bond motifs is 4. The number of methoxy groups -OCH3 is 2. The molecule has 3 fully saturated rings. The number of amides is 4. The number of carbonyl (C=O) groups excluding carboxylic acids is 4. The van der Waals surface area contributed by atoms with E-state index in [0.717, 1.165) is 21.7 Å². The molecule has 320 valence electrons. The lowest BCUT2D eigenvalue weighted by atomic mass is 9.49. The number of phenols is 1. The lowest BCUT2D eigenvalue weighted by Gasteiger charge is -2.50. The van der Waals surface area contributed by atoms with Gasteiger partial charge < -0.3 is 19.3 Å². The van der Waals surface area contributed by atoms with Gasteiger partial charge >= 0.3 is 0 Å². The number of hydrogen-bond donors (Lipinski definition) is 2. The van der Waals surface area contributed by atoms with Crippen LogP contribution in [0.3, 0.4) is 0 Å². The third kappa shape index (κ3) is 6.89. The fraction of sp³-hybridized carbons (Fsp3) is 0.240. The van der Waals surface area contributed by atoms with Crippen LogP contribution in [0.25, 0.3) is 12.2 Å². The molecule has 9 rings (SSSR count). The summed E-state index contributed by atoms with van der Waals surface area (Å²) in [6.07, 6.45) is 6.04. The van der Waals surface area contributed by atoms with Gasteiger partial charge in [0.05, 0.1) is 55.4 Å². The molecule has 2 aliphatic heterocycles. The summed E-state index contributed by atoms with van der Waals surface area (Å²) in [6.45, 7) is 2.03. The summed E-state index contributed by atoms with van der Waals surface area (Å²) < 4.78 is 30.7. The van der Waals surface area contributed by atoms with E-state index in [0.29, 0.717) is 39.0 Å². The summed E-state index contributed by atoms with van der Waals surface area (Å²) in [4.78, 5) is 61.0. The highest BCUT2D eigenvalue weighted by atomic mass is 35.5. The number of hydrazine groups is 1. The molecule has 5 aromatic carbocycles. The first kappa shape index (κ1) is 41.4. The average molecular weight is 868 g/mol. The van der Waals surface area contributed by atoms with Gasteiger partial charge in [0.1, 0.15) is 17.3 Å². The van der Waals surface area contributed by atoms with Crippen molar-refractivity contribution >= 4 is 58.8 Å². The topological polar surface area (TPSA) is 135 Å². The number of halogens is 2. The molecular weight excluding hydrogens is 825 g/mol. The van der Waals surface area contributed by atoms with Crippen LogP contribution in [0.15, 0.2) is 121 Å². The van der Waals surface area contributed by atoms with Gasteiger partial charge in [0, 0.05) is 16.5 Å². The quantitative estimate of drug-likeness (QED) is 0.0758. The fourth-order valence-corrected chi connectivity index (χ4v) is 10.3. The monoisotopic (exact) mass is 867 g/mol. The van der Waals surface area contributed by atoms with Gasteiger partial charge in [-0.05, 0) is 121 Å². The molecule has 5 aromatic rings. The molecule has 0 spiro atoms. The highest BCUT2D eigenvalue weighted by molar-refractivity contribution is 6.30. The second kappa shape index (κ2) is 16.4. The minimum absolute atomic E-state index is 0.0685. The molecule has 1 saturated carbocycles. The van der Waals surface area contributed by atoms with Crippen molar-refractivity contribution in [1.82, 2.24) is 5.01 Å². The molecule has 0 unspecified atom stereocenters. The number of aromatic hydroxyl groups is 1. The zero-order valence-electron chi connectivity index (χ0n) is 34.6. The van der Waals surface area contributed by atoms with E-state index in [-0.39, 0.29) is 42.8 Å². The van der Waals surface area contributed by atoms with E-state index in [2.05, 4.69) is 5.43 Å². The number of imide groups is 2. The summed E-state index contributed by atoms with van der Waals surface area (Å²) in [5.41, 5.74) is 5.55. The molecule has 2 N–H and O–H groups in total. The normalized spacial score (nSPS) is 24.0. The predicted molar refractivity (Wildman–Crippen MR) is 236 cm³/mol. The molecule has 2 heterocycles. The Hall–Kier alpha value is -6.92. The first-order valence-corrected chi connectivity index (χ1v) is 21.1. The Balaban J connectivity index is 1.12. The smallest absolute Gasteiger partial charge is 0.260 e. The minimum Gasteiger partial charge on any atom is -0.504 e. The van der Waals surface area contributed by atoms with E-state index < -0.39 is 52.6 Å². The third-order valence-electron chi connectivity index (χ3n) is 12.9. The number of rotatable bonds is 11. The first-order valence-electron chi connectivity index (χ1n) is 20.7. The third-order valence-corrected chi connectivity index (χ3v) is 13.2. The zero-order chi connectivity index (χ0) is 44.2. The molecule has 63 heavy (non-hydrogen) atoms. The Morgan fingerprint density at radius 1 is 0.825 bits per heavy atom. The molecule has 4 amide bonds. The first-order chi connectivity index (χ1) is 30.5. The van der Waals surface area contributed by atoms with Gasteiger partial charge in [-0.15, -0.1) is 0 Å². The van der Waals surface area contributed by atoms with Gasteiger partial charge in [-0.3, -0.25) is 29.5 Å². The number of phenolic OH excluding ortho intramolecular Hbond substituents is 1. The number of allylic oxidation sites excluding steroid dienone is 2. The van der Waals surface area contributed by atoms with E-state index in [1.54, 1.807) is 69.7 Å². The van der Waals surface area contributed by atoms with Crippen molar-refractivity contribution in [3.63, 3.8) is 0 Å². The fourth-order valence-electron chi connectivity index (χ4n) is 10.2. The Morgan fingerprint density at radius 2 is 1.57 bits per heavy atom. The van der Waals surface area contributed by atoms with Crippen LogP contribution in [-0.2, 0) is 24.6 Å². The van der Waals surface area contributed by atoms with Crippen molar-refractivity contribution in [2.45, 2.75) is 31.1 Å². The lowest BCUT2D eigenvalue weighted by Crippen LogP contribution is -2.53. The Morgan fingerprint density at radius 3 is 2.27 bits per heavy atom. The van der Waals surface area contributed by atoms with Crippen LogP contribution in [0, 0.1) is 29.5 Å². The van der Waals surface area contributed by atoms with Crippen molar-refractivity contribution in [2.24, 2.45) is 23.7 Å². The summed E-state index contributed by atoms with van der Waals surface area (Å²) in [6, 6.07) is 29.6. The maximum Gasteiger partial charge on any atom is 0.260 e. The Kier molecular flexibility index (Phi) is 10.8. The van der Waals surface area contributed by atoms with E-state index >= 15 is 4.79 Å². The molecule has 0 bridgehead atoms. The molecule has 6 atom stereocenters. The van der Waals surface area contributed by atoms with Crippen LogP contribution >= 0.6 is 11.6 Å². The highest BCUT2D eigenvalue weighted by Crippen LogP contribution is 2.64. The van der Waals surface area contributed by atoms with Gasteiger partial charge in [0.2, 0.25) is 11.8 Å². The zero-order valence-corrected chi connectivity index (χ0v) is 35.3. The summed E-state index contributed by atoms with van der Waals surface area (Å²) in [7, 11) is 3.19. The number of hydrogen-bond acceptors (Lipinski definition) is 9. The van der Waals surface area contributed by atoms with Crippen LogP contribution in [0.4, 0.5) is 15.8 Å². The van der Waals surface area contributed by atoms with Gasteiger partial charge in [0.15, 0.2) is 11.5 Å². The van der Waals surface area contributed by atoms with Crippen LogP contribution in [0.2, 0.25) is 5.02 Å². The maximum absolute atomic E-state index is 15.4. The molecule has 11 nitrogen and oxygen atoms in total. The molecule has 4 aliphatic rings. The number of carbonyl (C=O) groups is 4. The van der Waals surface area contributed by atoms with Gasteiger partial charge in [-0.25, -0.2) is 4.39 Å². The molecule has 0 radical (unpaired) electrons. The second-order valence-electron chi connectivity index (χ2n) is 16.1. The predicted octanol–water partition coefficient (Wildman–Crippen LogP) is 8.96. The highest BCUT2D eigenvalue weighted by Gasteiger charge is 2.70. The van der Waals surface area contributed by atoms with Gasteiger partial charge in [-0.1, -0.05) is 65.7 Å². The van der Waals surface area contributed by atoms with Gasteiger partial charge in [0.25, 0.3) is 11.8 Å².